The molecule has 0 radical (unpaired) electrons. The topological polar surface area (TPSA) is 26.3 Å². The van der Waals surface area contributed by atoms with Gasteiger partial charge in [-0.3, -0.25) is 4.79 Å². The molecule has 0 spiro atoms. The van der Waals surface area contributed by atoms with Crippen LogP contribution in [0, 0.1) is 35.5 Å². The lowest BCUT2D eigenvalue weighted by atomic mass is 9.81. The molecule has 2 aromatic carbocycles. The van der Waals surface area contributed by atoms with E-state index in [0.717, 1.165) is 61.1 Å². The standard InChI is InChI=1S/C28H30O2/c1-3-5-6-7-23-8-10-24(11-9-23)12-13-25-16-20-27(21-17-25)30-28(29)26-18-14-22(4-2)15-19-26/h8-11,16-17,20-22,26H,3-5,14-15,18-19H2,1-2H3/t22-,26-. The van der Waals surface area contributed by atoms with Gasteiger partial charge in [-0.15, -0.1) is 0 Å². The highest BCUT2D eigenvalue weighted by Gasteiger charge is 2.26. The number of carbonyl (C=O) groups is 1. The molecule has 0 unspecified atom stereocenters. The molecule has 0 heterocycles. The van der Waals surface area contributed by atoms with Crippen LogP contribution in [-0.4, -0.2) is 5.97 Å². The van der Waals surface area contributed by atoms with Crippen molar-refractivity contribution in [1.82, 2.24) is 0 Å². The largest absolute Gasteiger partial charge is 0.426 e. The Balaban J connectivity index is 1.54. The second-order valence-electron chi connectivity index (χ2n) is 7.95. The zero-order chi connectivity index (χ0) is 21.2. The molecule has 0 atom stereocenters. The highest BCUT2D eigenvalue weighted by Crippen LogP contribution is 2.31. The third kappa shape index (κ3) is 6.53. The molecule has 1 saturated carbocycles. The summed E-state index contributed by atoms with van der Waals surface area (Å²) < 4.78 is 5.59. The minimum Gasteiger partial charge on any atom is -0.426 e. The van der Waals surface area contributed by atoms with Gasteiger partial charge in [0.05, 0.1) is 5.92 Å². The Bertz CT molecular complexity index is 938. The minimum absolute atomic E-state index is 0.0434. The van der Waals surface area contributed by atoms with Gasteiger partial charge in [0.15, 0.2) is 0 Å². The van der Waals surface area contributed by atoms with E-state index >= 15 is 0 Å². The van der Waals surface area contributed by atoms with Crippen molar-refractivity contribution < 1.29 is 9.53 Å². The Morgan fingerprint density at radius 3 is 1.90 bits per heavy atom. The van der Waals surface area contributed by atoms with Crippen LogP contribution < -0.4 is 4.74 Å². The van der Waals surface area contributed by atoms with E-state index in [1.54, 1.807) is 0 Å². The summed E-state index contributed by atoms with van der Waals surface area (Å²) in [7, 11) is 0. The van der Waals surface area contributed by atoms with E-state index in [9.17, 15) is 4.79 Å². The first-order valence-electron chi connectivity index (χ1n) is 11.1. The average molecular weight is 399 g/mol. The van der Waals surface area contributed by atoms with Crippen LogP contribution in [0.5, 0.6) is 5.75 Å². The maximum atomic E-state index is 12.4. The fourth-order valence-corrected chi connectivity index (χ4v) is 3.68. The highest BCUT2D eigenvalue weighted by molar-refractivity contribution is 5.75. The van der Waals surface area contributed by atoms with Crippen LogP contribution >= 0.6 is 0 Å². The summed E-state index contributed by atoms with van der Waals surface area (Å²) in [4.78, 5) is 12.4. The lowest BCUT2D eigenvalue weighted by Gasteiger charge is -2.26. The van der Waals surface area contributed by atoms with Crippen LogP contribution in [0.15, 0.2) is 48.5 Å². The lowest BCUT2D eigenvalue weighted by molar-refractivity contribution is -0.140. The fourth-order valence-electron chi connectivity index (χ4n) is 3.68. The second kappa shape index (κ2) is 11.3. The SMILES string of the molecule is CCCC#Cc1ccc(C#Cc2ccc(OC(=O)[C@H]3CC[C@H](CC)CC3)cc2)cc1. The Kier molecular flexibility index (Phi) is 8.17. The molecule has 1 fully saturated rings. The van der Waals surface area contributed by atoms with Gasteiger partial charge >= 0.3 is 5.97 Å². The Morgan fingerprint density at radius 2 is 1.37 bits per heavy atom. The smallest absolute Gasteiger partial charge is 0.314 e. The normalized spacial score (nSPS) is 17.8. The summed E-state index contributed by atoms with van der Waals surface area (Å²) in [6.07, 6.45) is 7.38. The van der Waals surface area contributed by atoms with Crippen LogP contribution in [0.3, 0.4) is 0 Å². The molecule has 0 amide bonds. The molecule has 1 aliphatic carbocycles. The number of hydrogen-bond donors (Lipinski definition) is 0. The minimum atomic E-state index is -0.0921. The highest BCUT2D eigenvalue weighted by atomic mass is 16.5. The van der Waals surface area contributed by atoms with E-state index in [-0.39, 0.29) is 11.9 Å². The van der Waals surface area contributed by atoms with Crippen LogP contribution in [0.2, 0.25) is 0 Å². The Labute approximate surface area is 181 Å². The van der Waals surface area contributed by atoms with E-state index in [1.165, 1.54) is 6.42 Å². The van der Waals surface area contributed by atoms with Gasteiger partial charge in [0, 0.05) is 23.1 Å². The molecule has 0 N–H and O–H groups in total. The molecule has 0 saturated heterocycles. The summed E-state index contributed by atoms with van der Waals surface area (Å²) in [6.45, 7) is 4.36. The maximum absolute atomic E-state index is 12.4. The van der Waals surface area contributed by atoms with Gasteiger partial charge in [-0.2, -0.15) is 0 Å². The maximum Gasteiger partial charge on any atom is 0.314 e. The van der Waals surface area contributed by atoms with Gasteiger partial charge in [0.2, 0.25) is 0 Å². The van der Waals surface area contributed by atoms with Gasteiger partial charge in [0.25, 0.3) is 0 Å². The van der Waals surface area contributed by atoms with Gasteiger partial charge in [-0.25, -0.2) is 0 Å². The van der Waals surface area contributed by atoms with Crippen molar-refractivity contribution >= 4 is 5.97 Å². The Hall–Kier alpha value is -2.97. The number of esters is 1. The van der Waals surface area contributed by atoms with Gasteiger partial charge in [-0.05, 0) is 86.6 Å². The van der Waals surface area contributed by atoms with Crippen LogP contribution in [0.4, 0.5) is 0 Å². The number of hydrogen-bond acceptors (Lipinski definition) is 2. The van der Waals surface area contributed by atoms with Crippen molar-refractivity contribution in [3.8, 4) is 29.4 Å². The summed E-state index contributed by atoms with van der Waals surface area (Å²) in [5, 5.41) is 0. The van der Waals surface area contributed by atoms with Crippen molar-refractivity contribution in [3.63, 3.8) is 0 Å². The molecular formula is C28H30O2. The predicted octanol–water partition coefficient (Wildman–Crippen LogP) is 6.36. The monoisotopic (exact) mass is 398 g/mol. The van der Waals surface area contributed by atoms with Crippen molar-refractivity contribution in [1.29, 1.82) is 0 Å². The van der Waals surface area contributed by atoms with E-state index < -0.39 is 0 Å². The summed E-state index contributed by atoms with van der Waals surface area (Å²) in [5.41, 5.74) is 2.86. The molecule has 2 nitrogen and oxygen atoms in total. The lowest BCUT2D eigenvalue weighted by Crippen LogP contribution is -2.25. The van der Waals surface area contributed by atoms with Gasteiger partial charge in [0.1, 0.15) is 5.75 Å². The first kappa shape index (κ1) is 21.7. The van der Waals surface area contributed by atoms with Gasteiger partial charge < -0.3 is 4.74 Å². The summed E-state index contributed by atoms with van der Waals surface area (Å²) in [5.74, 6) is 14.0. The van der Waals surface area contributed by atoms with Crippen LogP contribution in [-0.2, 0) is 4.79 Å². The second-order valence-corrected chi connectivity index (χ2v) is 7.95. The van der Waals surface area contributed by atoms with Crippen molar-refractivity contribution in [2.24, 2.45) is 11.8 Å². The van der Waals surface area contributed by atoms with Gasteiger partial charge in [-0.1, -0.05) is 44.0 Å². The predicted molar refractivity (Wildman–Crippen MR) is 122 cm³/mol. The molecule has 0 aromatic heterocycles. The Morgan fingerprint density at radius 1 is 0.833 bits per heavy atom. The third-order valence-electron chi connectivity index (χ3n) is 5.67. The molecule has 154 valence electrons. The molecular weight excluding hydrogens is 368 g/mol. The van der Waals surface area contributed by atoms with Crippen LogP contribution in [0.25, 0.3) is 0 Å². The van der Waals surface area contributed by atoms with Crippen LogP contribution in [0.1, 0.15) is 75.5 Å². The molecule has 0 aliphatic heterocycles. The molecule has 3 rings (SSSR count). The quantitative estimate of drug-likeness (QED) is 0.340. The fraction of sp³-hybridized carbons (Fsp3) is 0.393. The number of ether oxygens (including phenoxy) is 1. The van der Waals surface area contributed by atoms with E-state index in [4.69, 9.17) is 4.74 Å². The van der Waals surface area contributed by atoms with E-state index in [1.807, 2.05) is 48.5 Å². The molecule has 1 aliphatic rings. The van der Waals surface area contributed by atoms with Crippen molar-refractivity contribution in [3.05, 3.63) is 65.2 Å². The molecule has 2 heteroatoms. The first-order chi connectivity index (χ1) is 14.7. The zero-order valence-corrected chi connectivity index (χ0v) is 18.0. The van der Waals surface area contributed by atoms with Crippen molar-refractivity contribution in [2.75, 3.05) is 0 Å². The van der Waals surface area contributed by atoms with E-state index in [0.29, 0.717) is 5.75 Å². The summed E-state index contributed by atoms with van der Waals surface area (Å²) in [6, 6.07) is 15.4. The number of rotatable bonds is 4. The molecule has 30 heavy (non-hydrogen) atoms. The zero-order valence-electron chi connectivity index (χ0n) is 18.0. The summed E-state index contributed by atoms with van der Waals surface area (Å²) >= 11 is 0. The molecule has 0 bridgehead atoms. The molecule has 2 aromatic rings. The van der Waals surface area contributed by atoms with Crippen molar-refractivity contribution in [2.45, 2.75) is 58.8 Å². The average Bonchev–Trinajstić information content (AvgIpc) is 2.79. The first-order valence-corrected chi connectivity index (χ1v) is 11.1. The number of benzene rings is 2. The van der Waals surface area contributed by atoms with E-state index in [2.05, 4.69) is 37.5 Å². The number of carbonyl (C=O) groups excluding carboxylic acids is 1. The number of unbranched alkanes of at least 4 members (excludes halogenated alkanes) is 1. The third-order valence-corrected chi connectivity index (χ3v) is 5.67.